The van der Waals surface area contributed by atoms with E-state index in [1.807, 2.05) is 49.4 Å². The van der Waals surface area contributed by atoms with E-state index in [0.29, 0.717) is 23.8 Å². The Morgan fingerprint density at radius 3 is 2.68 bits per heavy atom. The molecule has 2 N–H and O–H groups in total. The SMILES string of the molecule is COc1cccc(CCNC(=O)c2ccc(Nc3cccc(Cl)c3C)nn2)c1. The minimum absolute atomic E-state index is 0.263. The first kappa shape index (κ1) is 19.6. The topological polar surface area (TPSA) is 76.1 Å². The van der Waals surface area contributed by atoms with E-state index in [1.165, 1.54) is 0 Å². The van der Waals surface area contributed by atoms with Gasteiger partial charge in [0.05, 0.1) is 7.11 Å². The molecule has 144 valence electrons. The number of amides is 1. The third-order valence-corrected chi connectivity index (χ3v) is 4.67. The average molecular weight is 397 g/mol. The second-order valence-electron chi connectivity index (χ2n) is 6.20. The summed E-state index contributed by atoms with van der Waals surface area (Å²) >= 11 is 6.12. The van der Waals surface area contributed by atoms with Crippen LogP contribution in [0, 0.1) is 6.92 Å². The Morgan fingerprint density at radius 2 is 1.93 bits per heavy atom. The number of carbonyl (C=O) groups is 1. The second kappa shape index (κ2) is 9.19. The standard InChI is InChI=1S/C21H21ClN4O2/c1-14-17(22)7-4-8-18(14)24-20-10-9-19(25-26-20)21(27)23-12-11-15-5-3-6-16(13-15)28-2/h3-10,13H,11-12H2,1-2H3,(H,23,27)(H,24,26). The van der Waals surface area contributed by atoms with Crippen molar-refractivity contribution in [1.29, 1.82) is 0 Å². The van der Waals surface area contributed by atoms with Crippen LogP contribution in [0.15, 0.2) is 54.6 Å². The third-order valence-electron chi connectivity index (χ3n) is 4.26. The van der Waals surface area contributed by atoms with E-state index in [-0.39, 0.29) is 11.6 Å². The third kappa shape index (κ3) is 4.98. The zero-order valence-electron chi connectivity index (χ0n) is 15.7. The lowest BCUT2D eigenvalue weighted by Crippen LogP contribution is -2.26. The van der Waals surface area contributed by atoms with Crippen molar-refractivity contribution in [1.82, 2.24) is 15.5 Å². The zero-order valence-corrected chi connectivity index (χ0v) is 16.5. The highest BCUT2D eigenvalue weighted by molar-refractivity contribution is 6.31. The van der Waals surface area contributed by atoms with Gasteiger partial charge in [-0.15, -0.1) is 10.2 Å². The van der Waals surface area contributed by atoms with Gasteiger partial charge in [0.2, 0.25) is 0 Å². The smallest absolute Gasteiger partial charge is 0.271 e. The Kier molecular flexibility index (Phi) is 6.45. The first-order valence-corrected chi connectivity index (χ1v) is 9.21. The molecule has 2 aromatic carbocycles. The van der Waals surface area contributed by atoms with Crippen molar-refractivity contribution in [2.24, 2.45) is 0 Å². The van der Waals surface area contributed by atoms with Crippen LogP contribution in [0.3, 0.4) is 0 Å². The van der Waals surface area contributed by atoms with Crippen molar-refractivity contribution >= 4 is 29.0 Å². The van der Waals surface area contributed by atoms with Gasteiger partial charge in [-0.1, -0.05) is 29.8 Å². The molecule has 3 aromatic rings. The van der Waals surface area contributed by atoms with Crippen molar-refractivity contribution in [2.75, 3.05) is 19.0 Å². The van der Waals surface area contributed by atoms with E-state index >= 15 is 0 Å². The average Bonchev–Trinajstić information content (AvgIpc) is 2.72. The summed E-state index contributed by atoms with van der Waals surface area (Å²) in [5.41, 5.74) is 3.11. The molecule has 0 saturated carbocycles. The number of carbonyl (C=O) groups excluding carboxylic acids is 1. The second-order valence-corrected chi connectivity index (χ2v) is 6.61. The summed E-state index contributed by atoms with van der Waals surface area (Å²) in [7, 11) is 1.63. The molecule has 0 atom stereocenters. The molecule has 0 aliphatic carbocycles. The maximum atomic E-state index is 12.3. The van der Waals surface area contributed by atoms with E-state index in [2.05, 4.69) is 20.8 Å². The molecule has 6 nitrogen and oxygen atoms in total. The van der Waals surface area contributed by atoms with Crippen LogP contribution >= 0.6 is 11.6 Å². The number of hydrogen-bond donors (Lipinski definition) is 2. The molecule has 0 saturated heterocycles. The Balaban J connectivity index is 1.55. The summed E-state index contributed by atoms with van der Waals surface area (Å²) in [4.78, 5) is 12.3. The molecule has 1 aromatic heterocycles. The predicted octanol–water partition coefficient (Wildman–Crippen LogP) is 4.16. The summed E-state index contributed by atoms with van der Waals surface area (Å²) < 4.78 is 5.20. The Hall–Kier alpha value is -3.12. The number of nitrogens with zero attached hydrogens (tertiary/aromatic N) is 2. The van der Waals surface area contributed by atoms with Gasteiger partial charge in [-0.25, -0.2) is 0 Å². The molecule has 0 fully saturated rings. The molecule has 0 spiro atoms. The van der Waals surface area contributed by atoms with Crippen LogP contribution in [0.5, 0.6) is 5.75 Å². The first-order chi connectivity index (χ1) is 13.6. The van der Waals surface area contributed by atoms with Crippen LogP contribution in [0.25, 0.3) is 0 Å². The number of aromatic nitrogens is 2. The fourth-order valence-corrected chi connectivity index (χ4v) is 2.81. The summed E-state index contributed by atoms with van der Waals surface area (Å²) in [6.07, 6.45) is 0.698. The van der Waals surface area contributed by atoms with E-state index < -0.39 is 0 Å². The highest BCUT2D eigenvalue weighted by Crippen LogP contribution is 2.25. The van der Waals surface area contributed by atoms with Crippen LogP contribution < -0.4 is 15.4 Å². The molecule has 0 aliphatic rings. The number of hydrogen-bond acceptors (Lipinski definition) is 5. The number of nitrogens with one attached hydrogen (secondary N) is 2. The number of anilines is 2. The Labute approximate surface area is 168 Å². The molecule has 0 unspecified atom stereocenters. The Bertz CT molecular complexity index is 961. The predicted molar refractivity (Wildman–Crippen MR) is 111 cm³/mol. The van der Waals surface area contributed by atoms with Gasteiger partial charge in [-0.05, 0) is 60.9 Å². The van der Waals surface area contributed by atoms with Gasteiger partial charge in [0.25, 0.3) is 5.91 Å². The van der Waals surface area contributed by atoms with E-state index in [1.54, 1.807) is 19.2 Å². The molecular weight excluding hydrogens is 376 g/mol. The van der Waals surface area contributed by atoms with Gasteiger partial charge < -0.3 is 15.4 Å². The summed E-state index contributed by atoms with van der Waals surface area (Å²) in [6, 6.07) is 16.7. The van der Waals surface area contributed by atoms with Crippen molar-refractivity contribution in [3.63, 3.8) is 0 Å². The molecule has 0 aliphatic heterocycles. The number of halogens is 1. The first-order valence-electron chi connectivity index (χ1n) is 8.84. The molecule has 3 rings (SSSR count). The van der Waals surface area contributed by atoms with Crippen molar-refractivity contribution in [2.45, 2.75) is 13.3 Å². The van der Waals surface area contributed by atoms with Gasteiger partial charge in [0, 0.05) is 17.3 Å². The van der Waals surface area contributed by atoms with Gasteiger partial charge in [0.15, 0.2) is 11.5 Å². The monoisotopic (exact) mass is 396 g/mol. The fourth-order valence-electron chi connectivity index (χ4n) is 2.64. The van der Waals surface area contributed by atoms with E-state index in [4.69, 9.17) is 16.3 Å². The largest absolute Gasteiger partial charge is 0.497 e. The van der Waals surface area contributed by atoms with Crippen LogP contribution in [0.4, 0.5) is 11.5 Å². The van der Waals surface area contributed by atoms with Crippen molar-refractivity contribution in [3.8, 4) is 5.75 Å². The summed E-state index contributed by atoms with van der Waals surface area (Å²) in [5, 5.41) is 14.8. The zero-order chi connectivity index (χ0) is 19.9. The molecule has 1 amide bonds. The van der Waals surface area contributed by atoms with Crippen LogP contribution in [0.1, 0.15) is 21.6 Å². The lowest BCUT2D eigenvalue weighted by Gasteiger charge is -2.10. The van der Waals surface area contributed by atoms with Crippen LogP contribution in [-0.4, -0.2) is 29.8 Å². The normalized spacial score (nSPS) is 10.4. The summed E-state index contributed by atoms with van der Waals surface area (Å²) in [6.45, 7) is 2.41. The van der Waals surface area contributed by atoms with Gasteiger partial charge in [-0.3, -0.25) is 4.79 Å². The maximum absolute atomic E-state index is 12.3. The molecule has 0 bridgehead atoms. The Morgan fingerprint density at radius 1 is 1.11 bits per heavy atom. The molecule has 28 heavy (non-hydrogen) atoms. The highest BCUT2D eigenvalue weighted by Gasteiger charge is 2.09. The minimum atomic E-state index is -0.263. The minimum Gasteiger partial charge on any atom is -0.497 e. The highest BCUT2D eigenvalue weighted by atomic mass is 35.5. The number of ether oxygens (including phenoxy) is 1. The fraction of sp³-hybridized carbons (Fsp3) is 0.190. The lowest BCUT2D eigenvalue weighted by molar-refractivity contribution is 0.0948. The van der Waals surface area contributed by atoms with Crippen LogP contribution in [0.2, 0.25) is 5.02 Å². The maximum Gasteiger partial charge on any atom is 0.271 e. The van der Waals surface area contributed by atoms with Gasteiger partial charge in [0.1, 0.15) is 5.75 Å². The molecule has 1 heterocycles. The molecule has 7 heteroatoms. The quantitative estimate of drug-likeness (QED) is 0.627. The van der Waals surface area contributed by atoms with Gasteiger partial charge in [-0.2, -0.15) is 0 Å². The van der Waals surface area contributed by atoms with Crippen molar-refractivity contribution < 1.29 is 9.53 Å². The van der Waals surface area contributed by atoms with Crippen molar-refractivity contribution in [3.05, 3.63) is 76.4 Å². The van der Waals surface area contributed by atoms with E-state index in [0.717, 1.165) is 22.6 Å². The number of methoxy groups -OCH3 is 1. The van der Waals surface area contributed by atoms with Gasteiger partial charge >= 0.3 is 0 Å². The number of benzene rings is 2. The van der Waals surface area contributed by atoms with E-state index in [9.17, 15) is 4.79 Å². The molecular formula is C21H21ClN4O2. The number of rotatable bonds is 7. The lowest BCUT2D eigenvalue weighted by atomic mass is 10.1. The van der Waals surface area contributed by atoms with Crippen LogP contribution in [-0.2, 0) is 6.42 Å². The summed E-state index contributed by atoms with van der Waals surface area (Å²) in [5.74, 6) is 1.08. The molecule has 0 radical (unpaired) electrons.